The van der Waals surface area contributed by atoms with Crippen LogP contribution in [-0.4, -0.2) is 34.8 Å². The minimum absolute atomic E-state index is 0.166. The maximum absolute atomic E-state index is 12.8. The van der Waals surface area contributed by atoms with E-state index in [0.29, 0.717) is 23.6 Å². The Kier molecular flexibility index (Phi) is 5.53. The number of likely N-dealkylation sites (N-methyl/N-ethyl adjacent to an activating group) is 1. The van der Waals surface area contributed by atoms with E-state index < -0.39 is 0 Å². The summed E-state index contributed by atoms with van der Waals surface area (Å²) in [5.41, 5.74) is 1.92. The minimum Gasteiger partial charge on any atom is -0.460 e. The van der Waals surface area contributed by atoms with Gasteiger partial charge in [0.2, 0.25) is 0 Å². The average molecular weight is 352 g/mol. The first kappa shape index (κ1) is 17.9. The molecule has 26 heavy (non-hydrogen) atoms. The Balaban J connectivity index is 1.92. The first-order chi connectivity index (χ1) is 12.6. The molecular formula is C20H24N4O2. The SMILES string of the molecule is CCN[C@H](C)CNC(=O)c1cn(-c2ccccc2)nc1-c1ccc(C)o1. The number of furan rings is 1. The number of rotatable bonds is 7. The van der Waals surface area contributed by atoms with Crippen molar-refractivity contribution in [3.8, 4) is 17.1 Å². The summed E-state index contributed by atoms with van der Waals surface area (Å²) in [6, 6.07) is 13.6. The molecule has 0 unspecified atom stereocenters. The van der Waals surface area contributed by atoms with Gasteiger partial charge in [-0.2, -0.15) is 5.10 Å². The van der Waals surface area contributed by atoms with E-state index in [4.69, 9.17) is 4.42 Å². The van der Waals surface area contributed by atoms with Crippen LogP contribution >= 0.6 is 0 Å². The van der Waals surface area contributed by atoms with Gasteiger partial charge in [-0.3, -0.25) is 4.79 Å². The van der Waals surface area contributed by atoms with Gasteiger partial charge in [0.05, 0.1) is 11.3 Å². The van der Waals surface area contributed by atoms with Gasteiger partial charge in [-0.25, -0.2) is 4.68 Å². The monoisotopic (exact) mass is 352 g/mol. The van der Waals surface area contributed by atoms with E-state index >= 15 is 0 Å². The maximum Gasteiger partial charge on any atom is 0.255 e. The van der Waals surface area contributed by atoms with Crippen LogP contribution in [0.3, 0.4) is 0 Å². The first-order valence-corrected chi connectivity index (χ1v) is 8.82. The quantitative estimate of drug-likeness (QED) is 0.685. The van der Waals surface area contributed by atoms with Crippen LogP contribution in [0.15, 0.2) is 53.1 Å². The molecule has 6 nitrogen and oxygen atoms in total. The van der Waals surface area contributed by atoms with Crippen molar-refractivity contribution in [2.45, 2.75) is 26.8 Å². The standard InChI is InChI=1S/C20H24N4O2/c1-4-21-14(2)12-22-20(25)17-13-24(16-8-6-5-7-9-16)23-19(17)18-11-10-15(3)26-18/h5-11,13-14,21H,4,12H2,1-3H3,(H,22,25)/t14-/m1/s1. The normalized spacial score (nSPS) is 12.1. The number of carbonyl (C=O) groups excluding carboxylic acids is 1. The molecule has 1 aromatic carbocycles. The molecule has 2 N–H and O–H groups in total. The van der Waals surface area contributed by atoms with Crippen molar-refractivity contribution in [3.05, 3.63) is 60.0 Å². The lowest BCUT2D eigenvalue weighted by molar-refractivity contribution is 0.0950. The van der Waals surface area contributed by atoms with Crippen LogP contribution in [0.1, 0.15) is 30.0 Å². The van der Waals surface area contributed by atoms with Crippen molar-refractivity contribution in [3.63, 3.8) is 0 Å². The van der Waals surface area contributed by atoms with Crippen LogP contribution in [0, 0.1) is 6.92 Å². The highest BCUT2D eigenvalue weighted by Gasteiger charge is 2.21. The molecule has 1 atom stereocenters. The second-order valence-electron chi connectivity index (χ2n) is 6.25. The molecule has 3 aromatic rings. The molecule has 0 aliphatic heterocycles. The fourth-order valence-electron chi connectivity index (χ4n) is 2.76. The number of nitrogens with zero attached hydrogens (tertiary/aromatic N) is 2. The molecule has 0 aliphatic carbocycles. The summed E-state index contributed by atoms with van der Waals surface area (Å²) in [4.78, 5) is 12.8. The molecule has 1 amide bonds. The molecule has 2 aromatic heterocycles. The van der Waals surface area contributed by atoms with Crippen LogP contribution in [0.25, 0.3) is 17.1 Å². The van der Waals surface area contributed by atoms with Crippen LogP contribution in [0.4, 0.5) is 0 Å². The third-order valence-electron chi connectivity index (χ3n) is 4.07. The Morgan fingerprint density at radius 3 is 2.65 bits per heavy atom. The van der Waals surface area contributed by atoms with E-state index in [1.54, 1.807) is 10.9 Å². The van der Waals surface area contributed by atoms with Gasteiger partial charge in [-0.15, -0.1) is 0 Å². The summed E-state index contributed by atoms with van der Waals surface area (Å²) < 4.78 is 7.41. The van der Waals surface area contributed by atoms with Crippen molar-refractivity contribution in [2.75, 3.05) is 13.1 Å². The lowest BCUT2D eigenvalue weighted by Gasteiger charge is -2.12. The smallest absolute Gasteiger partial charge is 0.255 e. The van der Waals surface area contributed by atoms with Gasteiger partial charge >= 0.3 is 0 Å². The maximum atomic E-state index is 12.8. The molecule has 0 saturated heterocycles. The highest BCUT2D eigenvalue weighted by atomic mass is 16.3. The fraction of sp³-hybridized carbons (Fsp3) is 0.300. The molecule has 3 rings (SSSR count). The number of aryl methyl sites for hydroxylation is 1. The zero-order chi connectivity index (χ0) is 18.5. The molecule has 6 heteroatoms. The van der Waals surface area contributed by atoms with Crippen molar-refractivity contribution in [1.29, 1.82) is 0 Å². The molecule has 0 aliphatic rings. The van der Waals surface area contributed by atoms with Crippen molar-refractivity contribution in [1.82, 2.24) is 20.4 Å². The second kappa shape index (κ2) is 8.01. The predicted molar refractivity (Wildman–Crippen MR) is 101 cm³/mol. The lowest BCUT2D eigenvalue weighted by atomic mass is 10.2. The number of carbonyl (C=O) groups is 1. The third-order valence-corrected chi connectivity index (χ3v) is 4.07. The van der Waals surface area contributed by atoms with Gasteiger partial charge in [-0.1, -0.05) is 25.1 Å². The number of benzene rings is 1. The molecule has 136 valence electrons. The Morgan fingerprint density at radius 2 is 2.00 bits per heavy atom. The lowest BCUT2D eigenvalue weighted by Crippen LogP contribution is -2.38. The summed E-state index contributed by atoms with van der Waals surface area (Å²) in [7, 11) is 0. The predicted octanol–water partition coefficient (Wildman–Crippen LogP) is 3.17. The Morgan fingerprint density at radius 1 is 1.23 bits per heavy atom. The van der Waals surface area contributed by atoms with Gasteiger partial charge in [0.15, 0.2) is 5.76 Å². The van der Waals surface area contributed by atoms with Gasteiger partial charge in [0.25, 0.3) is 5.91 Å². The van der Waals surface area contributed by atoms with Gasteiger partial charge in [0, 0.05) is 18.8 Å². The molecule has 0 fully saturated rings. The van der Waals surface area contributed by atoms with Crippen LogP contribution in [-0.2, 0) is 0 Å². The number of amides is 1. The van der Waals surface area contributed by atoms with Crippen molar-refractivity contribution < 1.29 is 9.21 Å². The summed E-state index contributed by atoms with van der Waals surface area (Å²) in [5, 5.41) is 10.8. The van der Waals surface area contributed by atoms with Crippen LogP contribution < -0.4 is 10.6 Å². The Labute approximate surface area is 153 Å². The number of nitrogens with one attached hydrogen (secondary N) is 2. The molecule has 2 heterocycles. The van der Waals surface area contributed by atoms with Crippen molar-refractivity contribution in [2.24, 2.45) is 0 Å². The molecule has 0 radical (unpaired) electrons. The number of para-hydroxylation sites is 1. The fourth-order valence-corrected chi connectivity index (χ4v) is 2.76. The Hall–Kier alpha value is -2.86. The molecule has 0 spiro atoms. The summed E-state index contributed by atoms with van der Waals surface area (Å²) in [6.07, 6.45) is 1.75. The van der Waals surface area contributed by atoms with E-state index in [1.165, 1.54) is 0 Å². The van der Waals surface area contributed by atoms with E-state index in [9.17, 15) is 4.79 Å². The van der Waals surface area contributed by atoms with Gasteiger partial charge < -0.3 is 15.1 Å². The van der Waals surface area contributed by atoms with E-state index in [1.807, 2.05) is 63.2 Å². The topological polar surface area (TPSA) is 72.1 Å². The third kappa shape index (κ3) is 4.03. The second-order valence-corrected chi connectivity index (χ2v) is 6.25. The van der Waals surface area contributed by atoms with E-state index in [2.05, 4.69) is 15.7 Å². The minimum atomic E-state index is -0.166. The first-order valence-electron chi connectivity index (χ1n) is 8.82. The zero-order valence-electron chi connectivity index (χ0n) is 15.3. The largest absolute Gasteiger partial charge is 0.460 e. The van der Waals surface area contributed by atoms with E-state index in [0.717, 1.165) is 18.0 Å². The summed E-state index contributed by atoms with van der Waals surface area (Å²) in [5.74, 6) is 1.20. The zero-order valence-corrected chi connectivity index (χ0v) is 15.3. The number of hydrogen-bond acceptors (Lipinski definition) is 4. The number of hydrogen-bond donors (Lipinski definition) is 2. The molecular weight excluding hydrogens is 328 g/mol. The van der Waals surface area contributed by atoms with Gasteiger partial charge in [0.1, 0.15) is 11.5 Å². The average Bonchev–Trinajstić information content (AvgIpc) is 3.27. The Bertz CT molecular complexity index is 867. The van der Waals surface area contributed by atoms with Crippen LogP contribution in [0.2, 0.25) is 0 Å². The summed E-state index contributed by atoms with van der Waals surface area (Å²) in [6.45, 7) is 7.35. The van der Waals surface area contributed by atoms with Crippen LogP contribution in [0.5, 0.6) is 0 Å². The highest BCUT2D eigenvalue weighted by molar-refractivity contribution is 5.99. The number of aromatic nitrogens is 2. The van der Waals surface area contributed by atoms with Gasteiger partial charge in [-0.05, 0) is 44.7 Å². The molecule has 0 bridgehead atoms. The van der Waals surface area contributed by atoms with E-state index in [-0.39, 0.29) is 11.9 Å². The van der Waals surface area contributed by atoms with Crippen molar-refractivity contribution >= 4 is 5.91 Å². The highest BCUT2D eigenvalue weighted by Crippen LogP contribution is 2.25. The summed E-state index contributed by atoms with van der Waals surface area (Å²) >= 11 is 0. The molecule has 0 saturated carbocycles.